The van der Waals surface area contributed by atoms with Crippen molar-refractivity contribution in [3.8, 4) is 16.2 Å². The van der Waals surface area contributed by atoms with Crippen molar-refractivity contribution in [2.24, 2.45) is 0 Å². The van der Waals surface area contributed by atoms with Gasteiger partial charge < -0.3 is 10.2 Å². The molecule has 0 fully saturated rings. The molecule has 0 spiro atoms. The summed E-state index contributed by atoms with van der Waals surface area (Å²) in [4.78, 5) is 12.7. The van der Waals surface area contributed by atoms with Gasteiger partial charge in [-0.05, 0) is 43.5 Å². The summed E-state index contributed by atoms with van der Waals surface area (Å²) in [5.41, 5.74) is 2.91. The van der Waals surface area contributed by atoms with Crippen LogP contribution in [0.25, 0.3) is 10.4 Å². The van der Waals surface area contributed by atoms with Crippen molar-refractivity contribution in [3.05, 3.63) is 40.3 Å². The number of carbonyl (C=O) groups is 1. The van der Waals surface area contributed by atoms with Gasteiger partial charge in [-0.3, -0.25) is 4.79 Å². The van der Waals surface area contributed by atoms with Gasteiger partial charge in [0, 0.05) is 21.7 Å². The van der Waals surface area contributed by atoms with E-state index < -0.39 is 5.97 Å². The second-order valence-corrected chi connectivity index (χ2v) is 5.81. The molecule has 0 saturated heterocycles. The second-order valence-electron chi connectivity index (χ2n) is 4.55. The van der Waals surface area contributed by atoms with E-state index in [1.165, 1.54) is 0 Å². The van der Waals surface area contributed by atoms with Crippen molar-refractivity contribution in [3.63, 3.8) is 0 Å². The molecular weight excluding hydrogens is 260 g/mol. The number of carboxylic acid groups (broad SMARTS) is 1. The molecule has 19 heavy (non-hydrogen) atoms. The Balaban J connectivity index is 2.36. The molecule has 1 aromatic carbocycles. The van der Waals surface area contributed by atoms with Crippen LogP contribution in [0.4, 0.5) is 0 Å². The predicted molar refractivity (Wildman–Crippen MR) is 76.9 cm³/mol. The van der Waals surface area contributed by atoms with E-state index in [1.807, 2.05) is 32.0 Å². The van der Waals surface area contributed by atoms with Gasteiger partial charge in [-0.15, -0.1) is 11.3 Å². The van der Waals surface area contributed by atoms with Crippen molar-refractivity contribution in [2.45, 2.75) is 26.7 Å². The second kappa shape index (κ2) is 5.45. The number of aliphatic carboxylic acids is 1. The van der Waals surface area contributed by atoms with Crippen LogP contribution in [0, 0.1) is 13.8 Å². The molecule has 2 N–H and O–H groups in total. The minimum Gasteiger partial charge on any atom is -0.507 e. The Labute approximate surface area is 116 Å². The number of hydrogen-bond donors (Lipinski definition) is 2. The monoisotopic (exact) mass is 276 g/mol. The summed E-state index contributed by atoms with van der Waals surface area (Å²) in [7, 11) is 0. The normalized spacial score (nSPS) is 10.6. The molecule has 1 aromatic heterocycles. The Hall–Kier alpha value is -1.81. The third-order valence-electron chi connectivity index (χ3n) is 3.13. The van der Waals surface area contributed by atoms with Crippen LogP contribution < -0.4 is 0 Å². The molecule has 0 saturated carbocycles. The summed E-state index contributed by atoms with van der Waals surface area (Å²) in [5, 5.41) is 18.7. The van der Waals surface area contributed by atoms with Crippen molar-refractivity contribution in [2.75, 3.05) is 0 Å². The number of rotatable bonds is 4. The topological polar surface area (TPSA) is 57.5 Å². The first-order valence-electron chi connectivity index (χ1n) is 6.09. The molecule has 2 rings (SSSR count). The molecule has 0 aliphatic carbocycles. The third kappa shape index (κ3) is 2.96. The van der Waals surface area contributed by atoms with E-state index in [0.717, 1.165) is 26.4 Å². The Kier molecular flexibility index (Phi) is 3.90. The van der Waals surface area contributed by atoms with E-state index in [9.17, 15) is 9.90 Å². The van der Waals surface area contributed by atoms with E-state index in [1.54, 1.807) is 17.4 Å². The van der Waals surface area contributed by atoms with E-state index in [0.29, 0.717) is 6.42 Å². The fourth-order valence-electron chi connectivity index (χ4n) is 2.11. The van der Waals surface area contributed by atoms with E-state index >= 15 is 0 Å². The Morgan fingerprint density at radius 3 is 2.68 bits per heavy atom. The van der Waals surface area contributed by atoms with Crippen molar-refractivity contribution in [1.29, 1.82) is 0 Å². The molecule has 0 bridgehead atoms. The first-order chi connectivity index (χ1) is 8.99. The summed E-state index contributed by atoms with van der Waals surface area (Å²) in [5.74, 6) is -0.517. The van der Waals surface area contributed by atoms with Gasteiger partial charge in [0.2, 0.25) is 0 Å². The smallest absolute Gasteiger partial charge is 0.303 e. The summed E-state index contributed by atoms with van der Waals surface area (Å²) < 4.78 is 0. The van der Waals surface area contributed by atoms with Gasteiger partial charge in [0.25, 0.3) is 0 Å². The minimum absolute atomic E-state index is 0.136. The summed E-state index contributed by atoms with van der Waals surface area (Å²) in [6.07, 6.45) is 0.668. The van der Waals surface area contributed by atoms with Gasteiger partial charge in [0.1, 0.15) is 5.75 Å². The molecule has 0 amide bonds. The highest BCUT2D eigenvalue weighted by Gasteiger charge is 2.13. The molecule has 2 aromatic rings. The highest BCUT2D eigenvalue weighted by atomic mass is 32.1. The lowest BCUT2D eigenvalue weighted by Crippen LogP contribution is -1.97. The van der Waals surface area contributed by atoms with Gasteiger partial charge in [0.05, 0.1) is 0 Å². The van der Waals surface area contributed by atoms with Gasteiger partial charge in [-0.1, -0.05) is 12.1 Å². The van der Waals surface area contributed by atoms with Crippen molar-refractivity contribution in [1.82, 2.24) is 0 Å². The lowest BCUT2D eigenvalue weighted by molar-refractivity contribution is -0.136. The number of thiophene rings is 1. The number of benzene rings is 1. The number of aryl methyl sites for hydroxylation is 3. The fraction of sp³-hybridized carbons (Fsp3) is 0.267. The van der Waals surface area contributed by atoms with E-state index in [4.69, 9.17) is 5.11 Å². The zero-order valence-electron chi connectivity index (χ0n) is 10.9. The molecule has 0 radical (unpaired) electrons. The highest BCUT2D eigenvalue weighted by Crippen LogP contribution is 2.38. The molecule has 0 aliphatic heterocycles. The fourth-order valence-corrected chi connectivity index (χ4v) is 3.30. The Morgan fingerprint density at radius 2 is 2.05 bits per heavy atom. The maximum Gasteiger partial charge on any atom is 0.303 e. The largest absolute Gasteiger partial charge is 0.507 e. The molecule has 0 atom stereocenters. The maximum absolute atomic E-state index is 10.6. The number of aromatic hydroxyl groups is 1. The quantitative estimate of drug-likeness (QED) is 0.894. The van der Waals surface area contributed by atoms with Gasteiger partial charge in [-0.25, -0.2) is 0 Å². The van der Waals surface area contributed by atoms with Gasteiger partial charge in [0.15, 0.2) is 0 Å². The molecule has 0 unspecified atom stereocenters. The summed E-state index contributed by atoms with van der Waals surface area (Å²) >= 11 is 1.59. The predicted octanol–water partition coefficient (Wildman–Crippen LogP) is 3.75. The van der Waals surface area contributed by atoms with Crippen LogP contribution in [0.3, 0.4) is 0 Å². The number of hydrogen-bond acceptors (Lipinski definition) is 3. The van der Waals surface area contributed by atoms with E-state index in [2.05, 4.69) is 0 Å². The number of phenols is 1. The summed E-state index contributed by atoms with van der Waals surface area (Å²) in [6.45, 7) is 3.95. The minimum atomic E-state index is -0.786. The lowest BCUT2D eigenvalue weighted by Gasteiger charge is -2.05. The van der Waals surface area contributed by atoms with Crippen LogP contribution in [0.2, 0.25) is 0 Å². The Morgan fingerprint density at radius 1 is 1.32 bits per heavy atom. The maximum atomic E-state index is 10.6. The molecule has 3 nitrogen and oxygen atoms in total. The van der Waals surface area contributed by atoms with Crippen LogP contribution in [-0.2, 0) is 11.2 Å². The molecule has 100 valence electrons. The standard InChI is InChI=1S/C15H16O3S/c1-9-4-3-5-12(16)15(9)13-8-11(10(2)19-13)6-7-14(17)18/h3-5,8,16H,6-7H2,1-2H3,(H,17,18). The average Bonchev–Trinajstić information content (AvgIpc) is 2.67. The van der Waals surface area contributed by atoms with Crippen LogP contribution in [0.1, 0.15) is 22.4 Å². The van der Waals surface area contributed by atoms with Crippen LogP contribution in [0.15, 0.2) is 24.3 Å². The zero-order chi connectivity index (χ0) is 14.0. The van der Waals surface area contributed by atoms with Gasteiger partial charge in [-0.2, -0.15) is 0 Å². The summed E-state index contributed by atoms with van der Waals surface area (Å²) in [6, 6.07) is 7.44. The molecule has 4 heteroatoms. The molecule has 1 heterocycles. The first-order valence-corrected chi connectivity index (χ1v) is 6.90. The third-order valence-corrected chi connectivity index (χ3v) is 4.24. The average molecular weight is 276 g/mol. The SMILES string of the molecule is Cc1cccc(O)c1-c1cc(CCC(=O)O)c(C)s1. The number of phenolic OH excluding ortho intramolecular Hbond substituents is 1. The zero-order valence-corrected chi connectivity index (χ0v) is 11.8. The van der Waals surface area contributed by atoms with Crippen LogP contribution in [-0.4, -0.2) is 16.2 Å². The number of carboxylic acids is 1. The molecular formula is C15H16O3S. The van der Waals surface area contributed by atoms with Gasteiger partial charge >= 0.3 is 5.97 Å². The first kappa shape index (κ1) is 13.6. The van der Waals surface area contributed by atoms with Crippen LogP contribution in [0.5, 0.6) is 5.75 Å². The van der Waals surface area contributed by atoms with Crippen LogP contribution >= 0.6 is 11.3 Å². The van der Waals surface area contributed by atoms with Crippen molar-refractivity contribution < 1.29 is 15.0 Å². The molecule has 0 aliphatic rings. The Bertz CT molecular complexity index is 594. The lowest BCUT2D eigenvalue weighted by atomic mass is 10.0. The van der Waals surface area contributed by atoms with Crippen molar-refractivity contribution >= 4 is 17.3 Å². The van der Waals surface area contributed by atoms with E-state index in [-0.39, 0.29) is 12.2 Å². The highest BCUT2D eigenvalue weighted by molar-refractivity contribution is 7.15.